The van der Waals surface area contributed by atoms with Crippen molar-refractivity contribution in [1.82, 2.24) is 0 Å². The van der Waals surface area contributed by atoms with Gasteiger partial charge < -0.3 is 0 Å². The van der Waals surface area contributed by atoms with Crippen LogP contribution in [0.25, 0.3) is 0 Å². The lowest BCUT2D eigenvalue weighted by atomic mass is 9.80. The summed E-state index contributed by atoms with van der Waals surface area (Å²) in [5, 5.41) is 18.2. The zero-order chi connectivity index (χ0) is 16.1. The number of nitriles is 2. The van der Waals surface area contributed by atoms with E-state index < -0.39 is 24.4 Å². The number of carbonyl (C=O) groups is 1. The maximum absolute atomic E-state index is 12.3. The number of hydrogen-bond donors (Lipinski definition) is 0. The molecular formula is C15H13F3N2O. The fraction of sp³-hybridized carbons (Fsp3) is 0.400. The maximum atomic E-state index is 12.3. The van der Waals surface area contributed by atoms with Crippen LogP contribution in [0.15, 0.2) is 24.3 Å². The molecule has 21 heavy (non-hydrogen) atoms. The third-order valence-electron chi connectivity index (χ3n) is 3.13. The Hall–Kier alpha value is -2.34. The van der Waals surface area contributed by atoms with Crippen LogP contribution in [-0.2, 0) is 6.42 Å². The minimum Gasteiger partial charge on any atom is -0.295 e. The molecule has 0 heterocycles. The summed E-state index contributed by atoms with van der Waals surface area (Å²) < 4.78 is 36.8. The molecule has 6 heteroatoms. The van der Waals surface area contributed by atoms with E-state index in [0.717, 1.165) is 0 Å². The number of benzene rings is 1. The molecule has 0 aliphatic rings. The predicted molar refractivity (Wildman–Crippen MR) is 69.1 cm³/mol. The first kappa shape index (κ1) is 16.7. The van der Waals surface area contributed by atoms with Crippen molar-refractivity contribution in [2.75, 3.05) is 0 Å². The van der Waals surface area contributed by atoms with Gasteiger partial charge in [-0.3, -0.25) is 4.79 Å². The van der Waals surface area contributed by atoms with E-state index in [1.165, 1.54) is 19.1 Å². The minimum absolute atomic E-state index is 0.103. The molecule has 0 saturated carbocycles. The Morgan fingerprint density at radius 1 is 1.10 bits per heavy atom. The van der Waals surface area contributed by atoms with Crippen LogP contribution in [-0.4, -0.2) is 12.0 Å². The topological polar surface area (TPSA) is 64.7 Å². The molecule has 0 radical (unpaired) electrons. The van der Waals surface area contributed by atoms with Crippen LogP contribution < -0.4 is 0 Å². The quantitative estimate of drug-likeness (QED) is 0.776. The largest absolute Gasteiger partial charge is 0.389 e. The highest BCUT2D eigenvalue weighted by Crippen LogP contribution is 2.33. The molecule has 0 N–H and O–H groups in total. The molecule has 0 spiro atoms. The molecule has 0 amide bonds. The van der Waals surface area contributed by atoms with Crippen molar-refractivity contribution < 1.29 is 18.0 Å². The molecule has 110 valence electrons. The van der Waals surface area contributed by atoms with E-state index in [1.807, 2.05) is 0 Å². The molecule has 0 unspecified atom stereocenters. The number of ketones is 1. The molecule has 3 nitrogen and oxygen atoms in total. The highest BCUT2D eigenvalue weighted by molar-refractivity contribution is 5.94. The molecule has 0 bridgehead atoms. The van der Waals surface area contributed by atoms with Gasteiger partial charge in [-0.05, 0) is 18.9 Å². The van der Waals surface area contributed by atoms with E-state index >= 15 is 0 Å². The van der Waals surface area contributed by atoms with Crippen LogP contribution in [0.1, 0.15) is 35.7 Å². The van der Waals surface area contributed by atoms with E-state index in [0.29, 0.717) is 11.1 Å². The highest BCUT2D eigenvalue weighted by Gasteiger charge is 2.37. The van der Waals surface area contributed by atoms with Crippen molar-refractivity contribution in [2.45, 2.75) is 32.4 Å². The summed E-state index contributed by atoms with van der Waals surface area (Å²) >= 11 is 0. The molecule has 1 rings (SSSR count). The van der Waals surface area contributed by atoms with Gasteiger partial charge in [0.05, 0.1) is 12.1 Å². The first-order chi connectivity index (χ1) is 9.71. The van der Waals surface area contributed by atoms with Crippen molar-refractivity contribution in [1.29, 1.82) is 10.5 Å². The van der Waals surface area contributed by atoms with E-state index in [4.69, 9.17) is 10.5 Å². The van der Waals surface area contributed by atoms with Gasteiger partial charge in [-0.2, -0.15) is 23.7 Å². The molecule has 0 saturated heterocycles. The van der Waals surface area contributed by atoms with Crippen LogP contribution >= 0.6 is 0 Å². The van der Waals surface area contributed by atoms with Crippen LogP contribution in [0.5, 0.6) is 0 Å². The lowest BCUT2D eigenvalue weighted by Gasteiger charge is -2.19. The molecule has 0 aliphatic carbocycles. The summed E-state index contributed by atoms with van der Waals surface area (Å²) in [5.41, 5.74) is -0.702. The molecule has 1 aromatic carbocycles. The molecular weight excluding hydrogens is 281 g/mol. The number of alkyl halides is 3. The van der Waals surface area contributed by atoms with Crippen LogP contribution in [0.2, 0.25) is 0 Å². The van der Waals surface area contributed by atoms with Crippen LogP contribution in [0, 0.1) is 28.1 Å². The van der Waals surface area contributed by atoms with Gasteiger partial charge >= 0.3 is 6.18 Å². The SMILES string of the molecule is CC(=O)c1ccc(CC(C#N)(C#N)CCC(F)(F)F)cc1. The predicted octanol–water partition coefficient (Wildman–Crippen LogP) is 3.81. The Morgan fingerprint density at radius 2 is 1.62 bits per heavy atom. The Morgan fingerprint density at radius 3 is 2.00 bits per heavy atom. The highest BCUT2D eigenvalue weighted by atomic mass is 19.4. The van der Waals surface area contributed by atoms with Gasteiger partial charge in [0, 0.05) is 18.4 Å². The minimum atomic E-state index is -4.41. The van der Waals surface area contributed by atoms with Crippen molar-refractivity contribution in [3.63, 3.8) is 0 Å². The Labute approximate surface area is 120 Å². The summed E-state index contributed by atoms with van der Waals surface area (Å²) in [5.74, 6) is -0.134. The number of halogens is 3. The normalized spacial score (nSPS) is 11.5. The fourth-order valence-corrected chi connectivity index (χ4v) is 1.87. The van der Waals surface area contributed by atoms with Crippen molar-refractivity contribution >= 4 is 5.78 Å². The first-order valence-electron chi connectivity index (χ1n) is 6.20. The molecule has 0 fully saturated rings. The zero-order valence-corrected chi connectivity index (χ0v) is 11.4. The third kappa shape index (κ3) is 4.92. The van der Waals surface area contributed by atoms with Gasteiger partial charge in [-0.1, -0.05) is 24.3 Å². The molecule has 0 aliphatic heterocycles. The van der Waals surface area contributed by atoms with Gasteiger partial charge in [0.1, 0.15) is 5.41 Å². The summed E-state index contributed by atoms with van der Waals surface area (Å²) in [6.07, 6.45) is -6.26. The zero-order valence-electron chi connectivity index (χ0n) is 11.4. The van der Waals surface area contributed by atoms with E-state index in [9.17, 15) is 18.0 Å². The summed E-state index contributed by atoms with van der Waals surface area (Å²) in [4.78, 5) is 11.1. The number of hydrogen-bond acceptors (Lipinski definition) is 3. The molecule has 0 aromatic heterocycles. The van der Waals surface area contributed by atoms with E-state index in [-0.39, 0.29) is 12.2 Å². The van der Waals surface area contributed by atoms with Gasteiger partial charge in [-0.15, -0.1) is 0 Å². The second-order valence-corrected chi connectivity index (χ2v) is 4.85. The van der Waals surface area contributed by atoms with E-state index in [2.05, 4.69) is 0 Å². The fourth-order valence-electron chi connectivity index (χ4n) is 1.87. The first-order valence-corrected chi connectivity index (χ1v) is 6.20. The third-order valence-corrected chi connectivity index (χ3v) is 3.13. The summed E-state index contributed by atoms with van der Waals surface area (Å²) in [6, 6.07) is 9.55. The Bertz CT molecular complexity index is 577. The van der Waals surface area contributed by atoms with Gasteiger partial charge in [0.15, 0.2) is 5.78 Å². The van der Waals surface area contributed by atoms with Gasteiger partial charge in [0.25, 0.3) is 0 Å². The Balaban J connectivity index is 2.91. The summed E-state index contributed by atoms with van der Waals surface area (Å²) in [7, 11) is 0. The monoisotopic (exact) mass is 294 g/mol. The summed E-state index contributed by atoms with van der Waals surface area (Å²) in [6.45, 7) is 1.40. The van der Waals surface area contributed by atoms with Gasteiger partial charge in [-0.25, -0.2) is 0 Å². The van der Waals surface area contributed by atoms with Crippen LogP contribution in [0.4, 0.5) is 13.2 Å². The van der Waals surface area contributed by atoms with Crippen molar-refractivity contribution in [3.05, 3.63) is 35.4 Å². The standard InChI is InChI=1S/C15H13F3N2O/c1-11(21)13-4-2-12(3-5-13)8-14(9-19,10-20)6-7-15(16,17)18/h2-5H,6-8H2,1H3. The number of carbonyl (C=O) groups excluding carboxylic acids is 1. The van der Waals surface area contributed by atoms with Gasteiger partial charge in [0.2, 0.25) is 0 Å². The average Bonchev–Trinajstić information content (AvgIpc) is 2.43. The Kier molecular flexibility index (Phi) is 5.10. The van der Waals surface area contributed by atoms with Crippen molar-refractivity contribution in [3.8, 4) is 12.1 Å². The number of Topliss-reactive ketones (excluding diaryl/α,β-unsaturated/α-hetero) is 1. The van der Waals surface area contributed by atoms with Crippen molar-refractivity contribution in [2.24, 2.45) is 5.41 Å². The van der Waals surface area contributed by atoms with Crippen LogP contribution in [0.3, 0.4) is 0 Å². The lowest BCUT2D eigenvalue weighted by molar-refractivity contribution is -0.138. The lowest BCUT2D eigenvalue weighted by Crippen LogP contribution is -2.23. The molecule has 0 atom stereocenters. The average molecular weight is 294 g/mol. The van der Waals surface area contributed by atoms with E-state index in [1.54, 1.807) is 24.3 Å². The second-order valence-electron chi connectivity index (χ2n) is 4.85. The second kappa shape index (κ2) is 6.41. The maximum Gasteiger partial charge on any atom is 0.389 e. The number of rotatable bonds is 5. The molecule has 1 aromatic rings. The smallest absolute Gasteiger partial charge is 0.295 e. The number of nitrogens with zero attached hydrogens (tertiary/aromatic N) is 2.